The molecule has 3 aliphatic heterocycles. The van der Waals surface area contributed by atoms with Crippen LogP contribution in [0.1, 0.15) is 33.4 Å². The monoisotopic (exact) mass is 641 g/mol. The summed E-state index contributed by atoms with van der Waals surface area (Å²) in [7, 11) is 0. The van der Waals surface area contributed by atoms with Crippen molar-refractivity contribution in [3.63, 3.8) is 0 Å². The minimum atomic E-state index is 0.179. The molecule has 8 bridgehead atoms. The van der Waals surface area contributed by atoms with Crippen molar-refractivity contribution in [2.24, 2.45) is 9.98 Å². The highest BCUT2D eigenvalue weighted by molar-refractivity contribution is 6.31. The number of fused-ring (bicyclic) bond motifs is 6. The SMILES string of the molecule is Oc1c2cccc1C(c1ccccc1)=C1C=CC(=N1)C(c1ccccc1)=c1ccc([nH]1)=C(c1ccccc1)C1=NC(=C2c2ccccc2)C=C1. The zero-order chi connectivity index (χ0) is 33.4. The smallest absolute Gasteiger partial charge is 0.131 e. The molecule has 0 fully saturated rings. The molecule has 2 N–H and O–H groups in total. The standard InChI is InChI=1S/C46H31N3O/c50-46-34-22-13-23-35(46)43(31-16-7-2-8-17-31)37-25-27-39(48-37)45(33-20-11-4-12-21-33)41-29-28-40(49-41)44(32-18-9-3-10-19-32)38-26-24-36(47-38)42(34)30-14-5-1-6-15-30/h1-29,49-50H. The number of hydrogen-bond donors (Lipinski definition) is 2. The van der Waals surface area contributed by atoms with E-state index in [-0.39, 0.29) is 5.75 Å². The molecule has 0 radical (unpaired) electrons. The molecule has 236 valence electrons. The second-order valence-corrected chi connectivity index (χ2v) is 12.4. The Kier molecular flexibility index (Phi) is 7.25. The lowest BCUT2D eigenvalue weighted by molar-refractivity contribution is 0.472. The highest BCUT2D eigenvalue weighted by Crippen LogP contribution is 2.42. The number of aliphatic imine (C=N–C) groups is 2. The van der Waals surface area contributed by atoms with Crippen molar-refractivity contribution in [1.29, 1.82) is 0 Å². The van der Waals surface area contributed by atoms with E-state index in [0.717, 1.165) is 78.1 Å². The first kappa shape index (κ1) is 29.4. The zero-order valence-electron chi connectivity index (χ0n) is 27.1. The van der Waals surface area contributed by atoms with Crippen LogP contribution in [0.5, 0.6) is 5.75 Å². The molecule has 0 saturated heterocycles. The summed E-state index contributed by atoms with van der Waals surface area (Å²) in [5.74, 6) is 0.179. The Morgan fingerprint density at radius 2 is 0.720 bits per heavy atom. The van der Waals surface area contributed by atoms with Crippen molar-refractivity contribution < 1.29 is 5.11 Å². The minimum Gasteiger partial charge on any atom is -0.507 e. The lowest BCUT2D eigenvalue weighted by Crippen LogP contribution is -2.21. The van der Waals surface area contributed by atoms with E-state index in [1.165, 1.54) is 0 Å². The Labute approximate surface area is 290 Å². The van der Waals surface area contributed by atoms with Crippen molar-refractivity contribution >= 4 is 33.7 Å². The molecule has 1 aromatic heterocycles. The van der Waals surface area contributed by atoms with Crippen LogP contribution in [-0.4, -0.2) is 21.5 Å². The Hall–Kier alpha value is -6.78. The Morgan fingerprint density at radius 3 is 1.10 bits per heavy atom. The number of aromatic hydroxyl groups is 1. The zero-order valence-corrected chi connectivity index (χ0v) is 27.1. The number of hydrogen-bond acceptors (Lipinski definition) is 3. The topological polar surface area (TPSA) is 60.7 Å². The predicted octanol–water partition coefficient (Wildman–Crippen LogP) is 8.37. The highest BCUT2D eigenvalue weighted by Gasteiger charge is 2.25. The number of H-pyrrole nitrogens is 1. The van der Waals surface area contributed by atoms with Gasteiger partial charge in [-0.15, -0.1) is 0 Å². The van der Waals surface area contributed by atoms with Gasteiger partial charge in [0, 0.05) is 44.1 Å². The number of allylic oxidation sites excluding steroid dienone is 4. The quantitative estimate of drug-likeness (QED) is 0.200. The second kappa shape index (κ2) is 12.3. The summed E-state index contributed by atoms with van der Waals surface area (Å²) in [5, 5.41) is 14.3. The van der Waals surface area contributed by atoms with Gasteiger partial charge in [0.15, 0.2) is 0 Å². The van der Waals surface area contributed by atoms with Crippen molar-refractivity contribution in [3.05, 3.63) is 231 Å². The van der Waals surface area contributed by atoms with E-state index in [9.17, 15) is 5.11 Å². The van der Waals surface area contributed by atoms with Gasteiger partial charge in [-0.3, -0.25) is 0 Å². The van der Waals surface area contributed by atoms with Gasteiger partial charge < -0.3 is 10.1 Å². The molecule has 0 saturated carbocycles. The number of benzene rings is 5. The third kappa shape index (κ3) is 5.11. The average Bonchev–Trinajstić information content (AvgIpc) is 3.95. The summed E-state index contributed by atoms with van der Waals surface area (Å²) in [6.45, 7) is 0. The minimum absolute atomic E-state index is 0.179. The molecule has 0 atom stereocenters. The number of phenols is 1. The van der Waals surface area contributed by atoms with Crippen molar-refractivity contribution in [2.45, 2.75) is 0 Å². The average molecular weight is 642 g/mol. The molecule has 0 spiro atoms. The van der Waals surface area contributed by atoms with Gasteiger partial charge in [0.05, 0.1) is 22.8 Å². The van der Waals surface area contributed by atoms with Crippen LogP contribution in [0.3, 0.4) is 0 Å². The largest absolute Gasteiger partial charge is 0.507 e. The van der Waals surface area contributed by atoms with Crippen molar-refractivity contribution in [3.8, 4) is 5.75 Å². The van der Waals surface area contributed by atoms with Crippen molar-refractivity contribution in [1.82, 2.24) is 4.98 Å². The van der Waals surface area contributed by atoms with E-state index in [1.807, 2.05) is 66.7 Å². The van der Waals surface area contributed by atoms with Crippen LogP contribution < -0.4 is 10.7 Å². The fourth-order valence-electron chi connectivity index (χ4n) is 7.10. The summed E-state index contributed by atoms with van der Waals surface area (Å²) in [4.78, 5) is 14.4. The number of nitrogens with zero attached hydrogens (tertiary/aromatic N) is 2. The van der Waals surface area contributed by atoms with Gasteiger partial charge in [-0.05, 0) is 58.7 Å². The predicted molar refractivity (Wildman–Crippen MR) is 204 cm³/mol. The summed E-state index contributed by atoms with van der Waals surface area (Å²) < 4.78 is 0. The third-order valence-corrected chi connectivity index (χ3v) is 9.35. The molecule has 4 heterocycles. The van der Waals surface area contributed by atoms with E-state index in [1.54, 1.807) is 0 Å². The van der Waals surface area contributed by atoms with E-state index in [2.05, 4.69) is 114 Å². The Bertz CT molecular complexity index is 2420. The first-order valence-corrected chi connectivity index (χ1v) is 16.7. The molecule has 3 aliphatic rings. The molecule has 9 rings (SSSR count). The van der Waals surface area contributed by atoms with E-state index in [4.69, 9.17) is 9.98 Å². The summed E-state index contributed by atoms with van der Waals surface area (Å²) in [5.41, 5.74) is 12.3. The van der Waals surface area contributed by atoms with Crippen LogP contribution in [0.15, 0.2) is 197 Å². The Morgan fingerprint density at radius 1 is 0.360 bits per heavy atom. The van der Waals surface area contributed by atoms with E-state index >= 15 is 0 Å². The number of phenolic OH excluding ortho intramolecular Hbond substituents is 1. The lowest BCUT2D eigenvalue weighted by Gasteiger charge is -2.18. The maximum absolute atomic E-state index is 12.4. The number of nitrogens with one attached hydrogen (secondary N) is 1. The number of aromatic amines is 1. The molecule has 6 aromatic rings. The van der Waals surface area contributed by atoms with Gasteiger partial charge in [-0.25, -0.2) is 9.98 Å². The van der Waals surface area contributed by atoms with Gasteiger partial charge in [0.2, 0.25) is 0 Å². The normalized spacial score (nSPS) is 15.1. The van der Waals surface area contributed by atoms with Crippen molar-refractivity contribution in [2.75, 3.05) is 0 Å². The van der Waals surface area contributed by atoms with Gasteiger partial charge in [-0.2, -0.15) is 0 Å². The second-order valence-electron chi connectivity index (χ2n) is 12.4. The molecule has 0 unspecified atom stereocenters. The van der Waals surface area contributed by atoms with Crippen LogP contribution in [0.4, 0.5) is 0 Å². The molecule has 4 heteroatoms. The molecule has 4 nitrogen and oxygen atoms in total. The maximum Gasteiger partial charge on any atom is 0.131 e. The number of aromatic nitrogens is 1. The highest BCUT2D eigenvalue weighted by atomic mass is 16.3. The van der Waals surface area contributed by atoms with Gasteiger partial charge >= 0.3 is 0 Å². The fourth-order valence-corrected chi connectivity index (χ4v) is 7.10. The van der Waals surface area contributed by atoms with Gasteiger partial charge in [0.25, 0.3) is 0 Å². The first-order valence-electron chi connectivity index (χ1n) is 16.7. The Balaban J connectivity index is 1.45. The summed E-state index contributed by atoms with van der Waals surface area (Å²) in [6, 6.07) is 51.3. The van der Waals surface area contributed by atoms with Gasteiger partial charge in [-0.1, -0.05) is 140 Å². The van der Waals surface area contributed by atoms with Crippen LogP contribution in [0, 0.1) is 0 Å². The molecule has 0 amide bonds. The van der Waals surface area contributed by atoms with E-state index in [0.29, 0.717) is 11.1 Å². The van der Waals surface area contributed by atoms with Crippen LogP contribution in [0.2, 0.25) is 0 Å². The summed E-state index contributed by atoms with van der Waals surface area (Å²) >= 11 is 0. The molecule has 0 aliphatic carbocycles. The maximum atomic E-state index is 12.4. The fraction of sp³-hybridized carbons (Fsp3) is 0. The third-order valence-electron chi connectivity index (χ3n) is 9.35. The van der Waals surface area contributed by atoms with Crippen LogP contribution >= 0.6 is 0 Å². The first-order chi connectivity index (χ1) is 24.7. The molecule has 50 heavy (non-hydrogen) atoms. The number of rotatable bonds is 4. The van der Waals surface area contributed by atoms with Crippen LogP contribution in [-0.2, 0) is 0 Å². The summed E-state index contributed by atoms with van der Waals surface area (Å²) in [6.07, 6.45) is 8.27. The molecular weight excluding hydrogens is 611 g/mol. The van der Waals surface area contributed by atoms with Gasteiger partial charge in [0.1, 0.15) is 5.75 Å². The lowest BCUT2D eigenvalue weighted by atomic mass is 9.89. The number of para-hydroxylation sites is 1. The molecular formula is C46H31N3O. The van der Waals surface area contributed by atoms with E-state index < -0.39 is 0 Å². The van der Waals surface area contributed by atoms with Crippen LogP contribution in [0.25, 0.3) is 22.3 Å². The molecule has 5 aromatic carbocycles.